The molecule has 0 aliphatic carbocycles. The topological polar surface area (TPSA) is 79.6 Å². The van der Waals surface area contributed by atoms with Gasteiger partial charge in [0, 0.05) is 42.3 Å². The molecule has 10 heteroatoms. The normalized spacial score (nSPS) is 14.5. The second kappa shape index (κ2) is 7.54. The van der Waals surface area contributed by atoms with Crippen LogP contribution in [0.25, 0.3) is 10.2 Å². The molecule has 0 bridgehead atoms. The Hall–Kier alpha value is -2.42. The highest BCUT2D eigenvalue weighted by atomic mass is 35.5. The highest BCUT2D eigenvalue weighted by Crippen LogP contribution is 2.31. The first kappa shape index (κ1) is 18.9. The van der Waals surface area contributed by atoms with Gasteiger partial charge in [0.1, 0.15) is 5.56 Å². The van der Waals surface area contributed by atoms with E-state index in [1.807, 2.05) is 18.2 Å². The van der Waals surface area contributed by atoms with E-state index in [9.17, 15) is 14.9 Å². The van der Waals surface area contributed by atoms with Crippen molar-refractivity contribution >= 4 is 61.5 Å². The molecule has 0 radical (unpaired) electrons. The van der Waals surface area contributed by atoms with Crippen molar-refractivity contribution in [3.05, 3.63) is 62.1 Å². The van der Waals surface area contributed by atoms with E-state index < -0.39 is 4.92 Å². The number of thiazole rings is 1. The maximum Gasteiger partial charge on any atom is 0.283 e. The Kier molecular flexibility index (Phi) is 5.09. The molecule has 2 heterocycles. The van der Waals surface area contributed by atoms with Crippen molar-refractivity contribution in [1.29, 1.82) is 0 Å². The van der Waals surface area contributed by atoms with Gasteiger partial charge in [0.15, 0.2) is 5.13 Å². The Labute approximate surface area is 174 Å². The number of amides is 1. The SMILES string of the molecule is O=C(c1ccc(Cl)cc1[N+](=O)[O-])N1CCN(c2nc3ccc(Cl)cc3s2)CC1. The van der Waals surface area contributed by atoms with Gasteiger partial charge in [0.25, 0.3) is 11.6 Å². The molecule has 7 nitrogen and oxygen atoms in total. The minimum Gasteiger partial charge on any atom is -0.345 e. The first-order valence-corrected chi connectivity index (χ1v) is 10.0. The van der Waals surface area contributed by atoms with E-state index in [0.717, 1.165) is 15.3 Å². The van der Waals surface area contributed by atoms with Crippen molar-refractivity contribution in [2.45, 2.75) is 0 Å². The van der Waals surface area contributed by atoms with Crippen molar-refractivity contribution in [1.82, 2.24) is 9.88 Å². The zero-order valence-corrected chi connectivity index (χ0v) is 16.8. The third-order valence-electron chi connectivity index (χ3n) is 4.56. The molecule has 2 aromatic carbocycles. The second-order valence-corrected chi connectivity index (χ2v) is 8.19. The molecule has 0 unspecified atom stereocenters. The van der Waals surface area contributed by atoms with Crippen LogP contribution in [0.4, 0.5) is 10.8 Å². The van der Waals surface area contributed by atoms with Crippen molar-refractivity contribution < 1.29 is 9.72 Å². The molecular weight excluding hydrogens is 423 g/mol. The van der Waals surface area contributed by atoms with Crippen LogP contribution in [0.5, 0.6) is 0 Å². The smallest absolute Gasteiger partial charge is 0.283 e. The molecule has 1 aromatic heterocycles. The first-order chi connectivity index (χ1) is 13.4. The number of nitro groups is 1. The molecule has 1 fully saturated rings. The van der Waals surface area contributed by atoms with Crippen LogP contribution in [0, 0.1) is 10.1 Å². The van der Waals surface area contributed by atoms with Gasteiger partial charge in [-0.3, -0.25) is 14.9 Å². The maximum absolute atomic E-state index is 12.8. The summed E-state index contributed by atoms with van der Waals surface area (Å²) < 4.78 is 1.01. The zero-order valence-electron chi connectivity index (χ0n) is 14.5. The summed E-state index contributed by atoms with van der Waals surface area (Å²) >= 11 is 13.4. The van der Waals surface area contributed by atoms with Gasteiger partial charge in [-0.25, -0.2) is 4.98 Å². The molecule has 1 amide bonds. The Bertz CT molecular complexity index is 1080. The Morgan fingerprint density at radius 1 is 1.07 bits per heavy atom. The molecule has 0 saturated carbocycles. The number of piperazine rings is 1. The molecule has 1 aliphatic rings. The zero-order chi connectivity index (χ0) is 19.8. The predicted molar refractivity (Wildman–Crippen MR) is 111 cm³/mol. The second-order valence-electron chi connectivity index (χ2n) is 6.31. The van der Waals surface area contributed by atoms with Crippen LogP contribution >= 0.6 is 34.5 Å². The molecule has 1 aliphatic heterocycles. The number of anilines is 1. The van der Waals surface area contributed by atoms with Gasteiger partial charge in [-0.2, -0.15) is 0 Å². The number of halogens is 2. The van der Waals surface area contributed by atoms with Crippen LogP contribution in [0.1, 0.15) is 10.4 Å². The number of nitrogens with zero attached hydrogens (tertiary/aromatic N) is 4. The summed E-state index contributed by atoms with van der Waals surface area (Å²) in [6.07, 6.45) is 0. The summed E-state index contributed by atoms with van der Waals surface area (Å²) in [6.45, 7) is 2.10. The molecule has 0 N–H and O–H groups in total. The minimum atomic E-state index is -0.582. The van der Waals surface area contributed by atoms with Crippen LogP contribution < -0.4 is 4.90 Å². The number of rotatable bonds is 3. The van der Waals surface area contributed by atoms with Crippen LogP contribution in [0.3, 0.4) is 0 Å². The van der Waals surface area contributed by atoms with Crippen LogP contribution in [0.2, 0.25) is 10.0 Å². The minimum absolute atomic E-state index is 0.0532. The number of nitro benzene ring substituents is 1. The van der Waals surface area contributed by atoms with Crippen LogP contribution in [-0.4, -0.2) is 46.9 Å². The maximum atomic E-state index is 12.8. The van der Waals surface area contributed by atoms with Crippen LogP contribution in [0.15, 0.2) is 36.4 Å². The molecule has 144 valence electrons. The monoisotopic (exact) mass is 436 g/mol. The van der Waals surface area contributed by atoms with Gasteiger partial charge in [-0.15, -0.1) is 0 Å². The molecule has 3 aromatic rings. The Balaban J connectivity index is 1.49. The van der Waals surface area contributed by atoms with Crippen LogP contribution in [-0.2, 0) is 0 Å². The van der Waals surface area contributed by atoms with Gasteiger partial charge >= 0.3 is 0 Å². The van der Waals surface area contributed by atoms with Crippen molar-refractivity contribution in [2.24, 2.45) is 0 Å². The predicted octanol–water partition coefficient (Wildman–Crippen LogP) is 4.47. The van der Waals surface area contributed by atoms with Crippen molar-refractivity contribution in [2.75, 3.05) is 31.1 Å². The largest absolute Gasteiger partial charge is 0.345 e. The molecule has 4 rings (SSSR count). The lowest BCUT2D eigenvalue weighted by atomic mass is 10.1. The van der Waals surface area contributed by atoms with Gasteiger partial charge in [-0.05, 0) is 30.3 Å². The van der Waals surface area contributed by atoms with E-state index >= 15 is 0 Å². The quantitative estimate of drug-likeness (QED) is 0.446. The summed E-state index contributed by atoms with van der Waals surface area (Å²) in [7, 11) is 0. The van der Waals surface area contributed by atoms with E-state index in [1.165, 1.54) is 18.2 Å². The lowest BCUT2D eigenvalue weighted by Crippen LogP contribution is -2.48. The fourth-order valence-corrected chi connectivity index (χ4v) is 4.59. The average Bonchev–Trinajstić information content (AvgIpc) is 3.10. The van der Waals surface area contributed by atoms with Crippen molar-refractivity contribution in [3.8, 4) is 0 Å². The number of carbonyl (C=O) groups is 1. The van der Waals surface area contributed by atoms with Gasteiger partial charge in [0.2, 0.25) is 0 Å². The third-order valence-corrected chi connectivity index (χ3v) is 6.11. The van der Waals surface area contributed by atoms with E-state index in [0.29, 0.717) is 31.2 Å². The summed E-state index contributed by atoms with van der Waals surface area (Å²) in [5, 5.41) is 13.0. The summed E-state index contributed by atoms with van der Waals surface area (Å²) in [6, 6.07) is 9.69. The highest BCUT2D eigenvalue weighted by molar-refractivity contribution is 7.22. The average molecular weight is 437 g/mol. The van der Waals surface area contributed by atoms with Gasteiger partial charge < -0.3 is 9.80 Å². The van der Waals surface area contributed by atoms with E-state index in [2.05, 4.69) is 9.88 Å². The standard InChI is InChI=1S/C18H14Cl2N4O3S/c19-11-1-3-13(15(9-11)24(26)27)17(25)22-5-7-23(8-6-22)18-21-14-4-2-12(20)10-16(14)28-18/h1-4,9-10H,5-8H2. The fraction of sp³-hybridized carbons (Fsp3) is 0.222. The van der Waals surface area contributed by atoms with Crippen molar-refractivity contribution in [3.63, 3.8) is 0 Å². The Morgan fingerprint density at radius 3 is 2.46 bits per heavy atom. The molecule has 28 heavy (non-hydrogen) atoms. The Morgan fingerprint density at radius 2 is 1.75 bits per heavy atom. The number of benzene rings is 2. The van der Waals surface area contributed by atoms with E-state index in [1.54, 1.807) is 16.2 Å². The van der Waals surface area contributed by atoms with E-state index in [4.69, 9.17) is 23.2 Å². The molecule has 1 saturated heterocycles. The lowest BCUT2D eigenvalue weighted by molar-refractivity contribution is -0.385. The third kappa shape index (κ3) is 3.63. The number of aromatic nitrogens is 1. The molecule has 0 atom stereocenters. The lowest BCUT2D eigenvalue weighted by Gasteiger charge is -2.34. The number of hydrogen-bond acceptors (Lipinski definition) is 6. The molecular formula is C18H14Cl2N4O3S. The highest BCUT2D eigenvalue weighted by Gasteiger charge is 2.28. The fourth-order valence-electron chi connectivity index (χ4n) is 3.13. The first-order valence-electron chi connectivity index (χ1n) is 8.46. The van der Waals surface area contributed by atoms with Gasteiger partial charge in [-0.1, -0.05) is 34.5 Å². The number of hydrogen-bond donors (Lipinski definition) is 0. The summed E-state index contributed by atoms with van der Waals surface area (Å²) in [4.78, 5) is 31.8. The summed E-state index contributed by atoms with van der Waals surface area (Å²) in [5.41, 5.74) is 0.667. The molecule has 0 spiro atoms. The number of fused-ring (bicyclic) bond motifs is 1. The summed E-state index contributed by atoms with van der Waals surface area (Å²) in [5.74, 6) is -0.362. The van der Waals surface area contributed by atoms with Gasteiger partial charge in [0.05, 0.1) is 15.1 Å². The van der Waals surface area contributed by atoms with E-state index in [-0.39, 0.29) is 22.2 Å². The number of carbonyl (C=O) groups excluding carboxylic acids is 1.